The van der Waals surface area contributed by atoms with Crippen LogP contribution in [0.25, 0.3) is 0 Å². The average molecular weight is 271 g/mol. The van der Waals surface area contributed by atoms with E-state index in [0.29, 0.717) is 0 Å². The molecule has 0 aliphatic carbocycles. The molecule has 0 heterocycles. The predicted octanol–water partition coefficient (Wildman–Crippen LogP) is 5.20. The van der Waals surface area contributed by atoms with E-state index >= 15 is 0 Å². The molecule has 0 saturated heterocycles. The molecule has 0 aromatic heterocycles. The van der Waals surface area contributed by atoms with Crippen LogP contribution in [0.3, 0.4) is 0 Å². The SMILES string of the molecule is C/C=C\C(CCN(CC)Cc1ccccc1)=C(\C)CC. The Morgan fingerprint density at radius 3 is 2.40 bits per heavy atom. The summed E-state index contributed by atoms with van der Waals surface area (Å²) in [6.45, 7) is 12.1. The number of rotatable bonds is 8. The van der Waals surface area contributed by atoms with Gasteiger partial charge in [-0.3, -0.25) is 4.90 Å². The molecule has 0 amide bonds. The topological polar surface area (TPSA) is 3.24 Å². The molecule has 0 fully saturated rings. The fraction of sp³-hybridized carbons (Fsp3) is 0.474. The second-order valence-electron chi connectivity index (χ2n) is 5.26. The number of nitrogens with zero attached hydrogens (tertiary/aromatic N) is 1. The summed E-state index contributed by atoms with van der Waals surface area (Å²) in [7, 11) is 0. The van der Waals surface area contributed by atoms with Gasteiger partial charge in [0, 0.05) is 13.1 Å². The normalized spacial score (nSPS) is 13.1. The van der Waals surface area contributed by atoms with Gasteiger partial charge in [-0.15, -0.1) is 0 Å². The molecule has 0 N–H and O–H groups in total. The molecule has 1 aromatic carbocycles. The van der Waals surface area contributed by atoms with Crippen LogP contribution in [0.5, 0.6) is 0 Å². The maximum Gasteiger partial charge on any atom is 0.0233 e. The monoisotopic (exact) mass is 271 g/mol. The van der Waals surface area contributed by atoms with Gasteiger partial charge in [-0.05, 0) is 44.4 Å². The summed E-state index contributed by atoms with van der Waals surface area (Å²) in [4.78, 5) is 2.52. The molecule has 0 atom stereocenters. The Balaban J connectivity index is 2.60. The summed E-state index contributed by atoms with van der Waals surface area (Å²) in [5.74, 6) is 0. The maximum absolute atomic E-state index is 2.52. The van der Waals surface area contributed by atoms with Gasteiger partial charge in [-0.1, -0.05) is 61.9 Å². The first-order valence-corrected chi connectivity index (χ1v) is 7.78. The van der Waals surface area contributed by atoms with Gasteiger partial charge >= 0.3 is 0 Å². The minimum Gasteiger partial charge on any atom is -0.299 e. The van der Waals surface area contributed by atoms with E-state index < -0.39 is 0 Å². The van der Waals surface area contributed by atoms with Gasteiger partial charge < -0.3 is 0 Å². The highest BCUT2D eigenvalue weighted by Crippen LogP contribution is 2.15. The molecule has 0 saturated carbocycles. The second kappa shape index (κ2) is 9.55. The molecule has 1 aromatic rings. The first-order chi connectivity index (χ1) is 9.71. The molecule has 0 radical (unpaired) electrons. The first-order valence-electron chi connectivity index (χ1n) is 7.78. The molecular weight excluding hydrogens is 242 g/mol. The quantitative estimate of drug-likeness (QED) is 0.587. The maximum atomic E-state index is 2.52. The molecule has 0 spiro atoms. The fourth-order valence-corrected chi connectivity index (χ4v) is 2.34. The molecule has 0 aliphatic rings. The fourth-order valence-electron chi connectivity index (χ4n) is 2.34. The molecular formula is C19H29N. The third-order valence-electron chi connectivity index (χ3n) is 3.84. The van der Waals surface area contributed by atoms with Gasteiger partial charge in [0.05, 0.1) is 0 Å². The van der Waals surface area contributed by atoms with Crippen molar-refractivity contribution in [3.8, 4) is 0 Å². The molecule has 0 bridgehead atoms. The van der Waals surface area contributed by atoms with Gasteiger partial charge in [-0.25, -0.2) is 0 Å². The molecule has 1 heteroatoms. The average Bonchev–Trinajstić information content (AvgIpc) is 2.50. The zero-order chi connectivity index (χ0) is 14.8. The lowest BCUT2D eigenvalue weighted by molar-refractivity contribution is 0.284. The number of hydrogen-bond donors (Lipinski definition) is 0. The van der Waals surface area contributed by atoms with Crippen molar-refractivity contribution in [3.63, 3.8) is 0 Å². The van der Waals surface area contributed by atoms with Crippen molar-refractivity contribution in [3.05, 3.63) is 59.2 Å². The van der Waals surface area contributed by atoms with E-state index in [9.17, 15) is 0 Å². The Hall–Kier alpha value is -1.34. The van der Waals surface area contributed by atoms with Crippen molar-refractivity contribution in [2.24, 2.45) is 0 Å². The van der Waals surface area contributed by atoms with E-state index in [1.165, 1.54) is 16.7 Å². The third kappa shape index (κ3) is 5.75. The summed E-state index contributed by atoms with van der Waals surface area (Å²) >= 11 is 0. The summed E-state index contributed by atoms with van der Waals surface area (Å²) in [5.41, 5.74) is 4.42. The van der Waals surface area contributed by atoms with Crippen molar-refractivity contribution < 1.29 is 0 Å². The van der Waals surface area contributed by atoms with E-state index in [4.69, 9.17) is 0 Å². The van der Waals surface area contributed by atoms with Crippen LogP contribution in [0.4, 0.5) is 0 Å². The minimum absolute atomic E-state index is 1.05. The highest BCUT2D eigenvalue weighted by molar-refractivity contribution is 5.24. The Labute approximate surface area is 125 Å². The van der Waals surface area contributed by atoms with E-state index in [2.05, 4.69) is 75.1 Å². The standard InChI is InChI=1S/C19H29N/c1-5-11-19(17(4)6-2)14-15-20(7-3)16-18-12-9-8-10-13-18/h5,8-13H,6-7,14-16H2,1-4H3/b11-5-,19-17+. The summed E-state index contributed by atoms with van der Waals surface area (Å²) in [6, 6.07) is 10.7. The van der Waals surface area contributed by atoms with Crippen molar-refractivity contribution in [2.75, 3.05) is 13.1 Å². The van der Waals surface area contributed by atoms with Crippen molar-refractivity contribution in [1.82, 2.24) is 4.90 Å². The first kappa shape index (κ1) is 16.7. The van der Waals surface area contributed by atoms with Crippen LogP contribution >= 0.6 is 0 Å². The lowest BCUT2D eigenvalue weighted by atomic mass is 10.0. The van der Waals surface area contributed by atoms with Gasteiger partial charge in [0.2, 0.25) is 0 Å². The van der Waals surface area contributed by atoms with Gasteiger partial charge in [0.1, 0.15) is 0 Å². The van der Waals surface area contributed by atoms with Crippen molar-refractivity contribution in [1.29, 1.82) is 0 Å². The van der Waals surface area contributed by atoms with Crippen LogP contribution in [0.15, 0.2) is 53.6 Å². The van der Waals surface area contributed by atoms with Crippen LogP contribution in [0.2, 0.25) is 0 Å². The van der Waals surface area contributed by atoms with Crippen LogP contribution < -0.4 is 0 Å². The highest BCUT2D eigenvalue weighted by atomic mass is 15.1. The summed E-state index contributed by atoms with van der Waals surface area (Å²) in [6.07, 6.45) is 6.71. The Morgan fingerprint density at radius 2 is 1.85 bits per heavy atom. The summed E-state index contributed by atoms with van der Waals surface area (Å²) < 4.78 is 0. The second-order valence-corrected chi connectivity index (χ2v) is 5.26. The smallest absolute Gasteiger partial charge is 0.0233 e. The number of allylic oxidation sites excluding steroid dienone is 3. The van der Waals surface area contributed by atoms with Crippen molar-refractivity contribution in [2.45, 2.75) is 47.1 Å². The van der Waals surface area contributed by atoms with Crippen LogP contribution in [0.1, 0.15) is 46.1 Å². The lowest BCUT2D eigenvalue weighted by Gasteiger charge is -2.21. The Kier molecular flexibility index (Phi) is 7.98. The van der Waals surface area contributed by atoms with E-state index in [1.54, 1.807) is 0 Å². The van der Waals surface area contributed by atoms with Gasteiger partial charge in [-0.2, -0.15) is 0 Å². The lowest BCUT2D eigenvalue weighted by Crippen LogP contribution is -2.24. The highest BCUT2D eigenvalue weighted by Gasteiger charge is 2.05. The van der Waals surface area contributed by atoms with Crippen LogP contribution in [-0.4, -0.2) is 18.0 Å². The molecule has 20 heavy (non-hydrogen) atoms. The molecule has 0 unspecified atom stereocenters. The number of hydrogen-bond acceptors (Lipinski definition) is 1. The summed E-state index contributed by atoms with van der Waals surface area (Å²) in [5, 5.41) is 0. The molecule has 0 aliphatic heterocycles. The zero-order valence-corrected chi connectivity index (χ0v) is 13.5. The molecule has 1 rings (SSSR count). The van der Waals surface area contributed by atoms with E-state index in [1.807, 2.05) is 0 Å². The third-order valence-corrected chi connectivity index (χ3v) is 3.84. The van der Waals surface area contributed by atoms with E-state index in [0.717, 1.165) is 32.5 Å². The van der Waals surface area contributed by atoms with Gasteiger partial charge in [0.15, 0.2) is 0 Å². The van der Waals surface area contributed by atoms with Crippen molar-refractivity contribution >= 4 is 0 Å². The zero-order valence-electron chi connectivity index (χ0n) is 13.5. The minimum atomic E-state index is 1.05. The number of benzene rings is 1. The van der Waals surface area contributed by atoms with Crippen LogP contribution in [-0.2, 0) is 6.54 Å². The molecule has 110 valence electrons. The Bertz CT molecular complexity index is 428. The van der Waals surface area contributed by atoms with E-state index in [-0.39, 0.29) is 0 Å². The Morgan fingerprint density at radius 1 is 1.15 bits per heavy atom. The van der Waals surface area contributed by atoms with Crippen LogP contribution in [0, 0.1) is 0 Å². The van der Waals surface area contributed by atoms with Gasteiger partial charge in [0.25, 0.3) is 0 Å². The molecule has 1 nitrogen and oxygen atoms in total. The largest absolute Gasteiger partial charge is 0.299 e. The predicted molar refractivity (Wildman–Crippen MR) is 89.8 cm³/mol.